The molecule has 0 heterocycles. The summed E-state index contributed by atoms with van der Waals surface area (Å²) in [6.45, 7) is 3.71. The third-order valence-corrected chi connectivity index (χ3v) is 1.21. The Morgan fingerprint density at radius 2 is 2.00 bits per heavy atom. The van der Waals surface area contributed by atoms with Crippen molar-refractivity contribution in [3.63, 3.8) is 0 Å². The zero-order valence-corrected chi connectivity index (χ0v) is 7.14. The van der Waals surface area contributed by atoms with Crippen molar-refractivity contribution in [2.24, 2.45) is 0 Å². The highest BCUT2D eigenvalue weighted by Crippen LogP contribution is 1.98. The standard InChI is InChI=1S/C8H15NO/c1-5-8(10)7(2)6-9(3)4/h6H,5H2,1-4H3/b7-6+. The summed E-state index contributed by atoms with van der Waals surface area (Å²) in [5.74, 6) is 0.216. The minimum atomic E-state index is 0.216. The smallest absolute Gasteiger partial charge is 0.159 e. The van der Waals surface area contributed by atoms with Crippen LogP contribution in [0.4, 0.5) is 0 Å². The van der Waals surface area contributed by atoms with E-state index in [2.05, 4.69) is 0 Å². The number of hydrogen-bond acceptors (Lipinski definition) is 2. The fraction of sp³-hybridized carbons (Fsp3) is 0.625. The van der Waals surface area contributed by atoms with E-state index in [1.165, 1.54) is 0 Å². The first-order valence-corrected chi connectivity index (χ1v) is 3.46. The molecule has 0 unspecified atom stereocenters. The molecule has 0 saturated carbocycles. The predicted molar refractivity (Wildman–Crippen MR) is 42.7 cm³/mol. The summed E-state index contributed by atoms with van der Waals surface area (Å²) in [4.78, 5) is 12.8. The first kappa shape index (κ1) is 9.21. The lowest BCUT2D eigenvalue weighted by Crippen LogP contribution is -2.06. The van der Waals surface area contributed by atoms with Crippen LogP contribution >= 0.6 is 0 Å². The molecule has 2 nitrogen and oxygen atoms in total. The van der Waals surface area contributed by atoms with Gasteiger partial charge in [-0.05, 0) is 6.92 Å². The largest absolute Gasteiger partial charge is 0.383 e. The highest BCUT2D eigenvalue weighted by Gasteiger charge is 1.99. The summed E-state index contributed by atoms with van der Waals surface area (Å²) in [5.41, 5.74) is 0.826. The Morgan fingerprint density at radius 1 is 1.50 bits per heavy atom. The number of allylic oxidation sites excluding steroid dienone is 1. The zero-order chi connectivity index (χ0) is 8.15. The van der Waals surface area contributed by atoms with E-state index in [1.807, 2.05) is 39.0 Å². The van der Waals surface area contributed by atoms with Crippen molar-refractivity contribution in [2.75, 3.05) is 14.1 Å². The van der Waals surface area contributed by atoms with Crippen LogP contribution in [-0.2, 0) is 4.79 Å². The van der Waals surface area contributed by atoms with Gasteiger partial charge in [0, 0.05) is 32.3 Å². The van der Waals surface area contributed by atoms with Crippen molar-refractivity contribution in [1.82, 2.24) is 4.90 Å². The second-order valence-electron chi connectivity index (χ2n) is 2.55. The van der Waals surface area contributed by atoms with E-state index in [0.717, 1.165) is 5.57 Å². The number of carbonyl (C=O) groups is 1. The van der Waals surface area contributed by atoms with Gasteiger partial charge in [-0.2, -0.15) is 0 Å². The normalized spacial score (nSPS) is 11.4. The maximum absolute atomic E-state index is 11.0. The van der Waals surface area contributed by atoms with Crippen LogP contribution in [0.1, 0.15) is 20.3 Å². The van der Waals surface area contributed by atoms with Crippen LogP contribution in [0.25, 0.3) is 0 Å². The molecule has 0 fully saturated rings. The summed E-state index contributed by atoms with van der Waals surface area (Å²) in [7, 11) is 3.82. The number of carbonyl (C=O) groups excluding carboxylic acids is 1. The van der Waals surface area contributed by atoms with Gasteiger partial charge in [0.25, 0.3) is 0 Å². The average molecular weight is 141 g/mol. The minimum absolute atomic E-state index is 0.216. The highest BCUT2D eigenvalue weighted by molar-refractivity contribution is 5.94. The van der Waals surface area contributed by atoms with Crippen LogP contribution in [0.2, 0.25) is 0 Å². The number of Topliss-reactive ketones (excluding diaryl/α,β-unsaturated/α-hetero) is 1. The third-order valence-electron chi connectivity index (χ3n) is 1.21. The van der Waals surface area contributed by atoms with Crippen LogP contribution in [0.5, 0.6) is 0 Å². The Hall–Kier alpha value is -0.790. The molecule has 0 radical (unpaired) electrons. The molecular formula is C8H15NO. The lowest BCUT2D eigenvalue weighted by molar-refractivity contribution is -0.115. The maximum atomic E-state index is 11.0. The van der Waals surface area contributed by atoms with Gasteiger partial charge >= 0.3 is 0 Å². The van der Waals surface area contributed by atoms with E-state index in [4.69, 9.17) is 0 Å². The molecule has 0 bridgehead atoms. The molecule has 0 spiro atoms. The number of hydrogen-bond donors (Lipinski definition) is 0. The number of ketones is 1. The van der Waals surface area contributed by atoms with Gasteiger partial charge in [0.2, 0.25) is 0 Å². The number of rotatable bonds is 3. The second-order valence-corrected chi connectivity index (χ2v) is 2.55. The van der Waals surface area contributed by atoms with Crippen LogP contribution in [-0.4, -0.2) is 24.8 Å². The van der Waals surface area contributed by atoms with Crippen molar-refractivity contribution in [3.05, 3.63) is 11.8 Å². The topological polar surface area (TPSA) is 20.3 Å². The molecule has 10 heavy (non-hydrogen) atoms. The molecule has 0 rings (SSSR count). The Balaban J connectivity index is 4.05. The predicted octanol–water partition coefficient (Wildman–Crippen LogP) is 1.43. The van der Waals surface area contributed by atoms with Crippen molar-refractivity contribution >= 4 is 5.78 Å². The van der Waals surface area contributed by atoms with E-state index in [1.54, 1.807) is 0 Å². The van der Waals surface area contributed by atoms with Crippen molar-refractivity contribution < 1.29 is 4.79 Å². The first-order chi connectivity index (χ1) is 4.57. The fourth-order valence-electron chi connectivity index (χ4n) is 0.738. The zero-order valence-electron chi connectivity index (χ0n) is 7.14. The van der Waals surface area contributed by atoms with Gasteiger partial charge in [0.05, 0.1) is 0 Å². The maximum Gasteiger partial charge on any atom is 0.159 e. The first-order valence-electron chi connectivity index (χ1n) is 3.46. The van der Waals surface area contributed by atoms with E-state index in [9.17, 15) is 4.79 Å². The fourth-order valence-corrected chi connectivity index (χ4v) is 0.738. The van der Waals surface area contributed by atoms with Crippen LogP contribution in [0, 0.1) is 0 Å². The molecule has 0 aromatic rings. The minimum Gasteiger partial charge on any atom is -0.383 e. The van der Waals surface area contributed by atoms with Gasteiger partial charge in [-0.15, -0.1) is 0 Å². The van der Waals surface area contributed by atoms with E-state index >= 15 is 0 Å². The van der Waals surface area contributed by atoms with Gasteiger partial charge in [0.1, 0.15) is 0 Å². The second kappa shape index (κ2) is 4.09. The Kier molecular flexibility index (Phi) is 3.77. The Bertz CT molecular complexity index is 147. The van der Waals surface area contributed by atoms with Crippen molar-refractivity contribution in [3.8, 4) is 0 Å². The summed E-state index contributed by atoms with van der Waals surface area (Å²) < 4.78 is 0. The average Bonchev–Trinajstić information content (AvgIpc) is 1.85. The van der Waals surface area contributed by atoms with Crippen LogP contribution in [0.15, 0.2) is 11.8 Å². The molecule has 0 amide bonds. The SMILES string of the molecule is CCC(=O)/C(C)=C/N(C)C. The quantitative estimate of drug-likeness (QED) is 0.554. The van der Waals surface area contributed by atoms with Crippen molar-refractivity contribution in [2.45, 2.75) is 20.3 Å². The lowest BCUT2D eigenvalue weighted by atomic mass is 10.2. The molecule has 0 N–H and O–H groups in total. The van der Waals surface area contributed by atoms with Gasteiger partial charge in [-0.1, -0.05) is 6.92 Å². The Labute approximate surface area is 62.5 Å². The van der Waals surface area contributed by atoms with Gasteiger partial charge in [-0.25, -0.2) is 0 Å². The molecule has 0 aliphatic carbocycles. The van der Waals surface area contributed by atoms with Gasteiger partial charge < -0.3 is 4.90 Å². The summed E-state index contributed by atoms with van der Waals surface area (Å²) >= 11 is 0. The molecule has 0 aromatic carbocycles. The molecule has 0 aliphatic rings. The summed E-state index contributed by atoms with van der Waals surface area (Å²) in [5, 5.41) is 0. The van der Waals surface area contributed by atoms with Crippen LogP contribution in [0.3, 0.4) is 0 Å². The molecular weight excluding hydrogens is 126 g/mol. The van der Waals surface area contributed by atoms with E-state index in [0.29, 0.717) is 6.42 Å². The van der Waals surface area contributed by atoms with Crippen molar-refractivity contribution in [1.29, 1.82) is 0 Å². The monoisotopic (exact) mass is 141 g/mol. The highest BCUT2D eigenvalue weighted by atomic mass is 16.1. The molecule has 0 atom stereocenters. The number of nitrogens with zero attached hydrogens (tertiary/aromatic N) is 1. The van der Waals surface area contributed by atoms with Gasteiger partial charge in [-0.3, -0.25) is 4.79 Å². The lowest BCUT2D eigenvalue weighted by Gasteiger charge is -2.05. The van der Waals surface area contributed by atoms with Crippen LogP contribution < -0.4 is 0 Å². The summed E-state index contributed by atoms with van der Waals surface area (Å²) in [6.07, 6.45) is 2.43. The molecule has 58 valence electrons. The molecule has 0 saturated heterocycles. The van der Waals surface area contributed by atoms with E-state index in [-0.39, 0.29) is 5.78 Å². The summed E-state index contributed by atoms with van der Waals surface area (Å²) in [6, 6.07) is 0. The molecule has 0 aromatic heterocycles. The van der Waals surface area contributed by atoms with Gasteiger partial charge in [0.15, 0.2) is 5.78 Å². The molecule has 2 heteroatoms. The molecule has 0 aliphatic heterocycles. The third kappa shape index (κ3) is 3.28. The Morgan fingerprint density at radius 3 is 2.30 bits per heavy atom. The van der Waals surface area contributed by atoms with E-state index < -0.39 is 0 Å².